The van der Waals surface area contributed by atoms with Gasteiger partial charge < -0.3 is 4.74 Å². The Labute approximate surface area is 201 Å². The maximum Gasteiger partial charge on any atom is 0.196 e. The molecule has 174 valence electrons. The predicted octanol–water partition coefficient (Wildman–Crippen LogP) is 4.40. The van der Waals surface area contributed by atoms with Crippen molar-refractivity contribution in [2.45, 2.75) is 25.9 Å². The van der Waals surface area contributed by atoms with Gasteiger partial charge in [-0.2, -0.15) is 0 Å². The number of hydrogen-bond donors (Lipinski definition) is 0. The molecule has 1 heterocycles. The number of ketones is 2. The molecule has 34 heavy (non-hydrogen) atoms. The summed E-state index contributed by atoms with van der Waals surface area (Å²) in [6, 6.07) is 21.2. The highest BCUT2D eigenvalue weighted by molar-refractivity contribution is 6.32. The summed E-state index contributed by atoms with van der Waals surface area (Å²) in [7, 11) is 1.60. The maximum atomic E-state index is 14.0. The molecule has 5 nitrogen and oxygen atoms in total. The fourth-order valence-electron chi connectivity index (χ4n) is 5.46. The summed E-state index contributed by atoms with van der Waals surface area (Å²) in [5, 5.41) is 0. The summed E-state index contributed by atoms with van der Waals surface area (Å²) in [6.07, 6.45) is 0. The lowest BCUT2D eigenvalue weighted by molar-refractivity contribution is 0.0278. The second kappa shape index (κ2) is 8.82. The molecule has 0 radical (unpaired) electrons. The SMILES string of the molecule is COc1cccc(C2(N3CCN(Cc4ccc(C)cc4C)CC3)C(=O)c3ccccc3C2=O)c1. The van der Waals surface area contributed by atoms with E-state index < -0.39 is 5.54 Å². The fraction of sp³-hybridized carbons (Fsp3) is 0.310. The van der Waals surface area contributed by atoms with Gasteiger partial charge in [-0.15, -0.1) is 0 Å². The van der Waals surface area contributed by atoms with Crippen LogP contribution in [-0.4, -0.2) is 54.7 Å². The Morgan fingerprint density at radius 1 is 0.824 bits per heavy atom. The van der Waals surface area contributed by atoms with Crippen LogP contribution < -0.4 is 4.74 Å². The Bertz CT molecular complexity index is 1220. The quantitative estimate of drug-likeness (QED) is 0.535. The van der Waals surface area contributed by atoms with Crippen LogP contribution in [0, 0.1) is 13.8 Å². The Hall–Kier alpha value is -3.28. The number of nitrogens with zero attached hydrogens (tertiary/aromatic N) is 2. The van der Waals surface area contributed by atoms with E-state index in [9.17, 15) is 9.59 Å². The second-order valence-corrected chi connectivity index (χ2v) is 9.34. The summed E-state index contributed by atoms with van der Waals surface area (Å²) in [5.41, 5.74) is 4.24. The van der Waals surface area contributed by atoms with Gasteiger partial charge in [-0.05, 0) is 42.7 Å². The normalized spacial score (nSPS) is 18.2. The van der Waals surface area contributed by atoms with Crippen molar-refractivity contribution >= 4 is 11.6 Å². The molecule has 3 aromatic carbocycles. The molecule has 2 aliphatic rings. The molecule has 1 aliphatic heterocycles. The highest BCUT2D eigenvalue weighted by atomic mass is 16.5. The molecule has 0 saturated carbocycles. The van der Waals surface area contributed by atoms with Gasteiger partial charge in [-0.3, -0.25) is 19.4 Å². The van der Waals surface area contributed by atoms with Crippen LogP contribution in [0.25, 0.3) is 0 Å². The molecule has 5 heteroatoms. The number of hydrogen-bond acceptors (Lipinski definition) is 5. The van der Waals surface area contributed by atoms with Gasteiger partial charge in [0.2, 0.25) is 0 Å². The topological polar surface area (TPSA) is 49.9 Å². The third kappa shape index (κ3) is 3.56. The van der Waals surface area contributed by atoms with Crippen LogP contribution in [-0.2, 0) is 12.1 Å². The van der Waals surface area contributed by atoms with Crippen molar-refractivity contribution in [2.75, 3.05) is 33.3 Å². The third-order valence-electron chi connectivity index (χ3n) is 7.30. The first-order chi connectivity index (χ1) is 16.4. The molecule has 1 fully saturated rings. The zero-order chi connectivity index (χ0) is 23.9. The maximum absolute atomic E-state index is 14.0. The van der Waals surface area contributed by atoms with E-state index in [0.29, 0.717) is 35.5 Å². The van der Waals surface area contributed by atoms with E-state index >= 15 is 0 Å². The van der Waals surface area contributed by atoms with E-state index in [1.165, 1.54) is 16.7 Å². The van der Waals surface area contributed by atoms with E-state index in [1.54, 1.807) is 19.2 Å². The number of carbonyl (C=O) groups excluding carboxylic acids is 2. The first-order valence-electron chi connectivity index (χ1n) is 11.8. The Kier molecular flexibility index (Phi) is 5.84. The molecule has 0 amide bonds. The van der Waals surface area contributed by atoms with Gasteiger partial charge in [-0.1, -0.05) is 60.2 Å². The van der Waals surface area contributed by atoms with E-state index in [1.807, 2.05) is 36.4 Å². The molecule has 3 aromatic rings. The lowest BCUT2D eigenvalue weighted by atomic mass is 9.82. The number of rotatable bonds is 5. The third-order valence-corrected chi connectivity index (χ3v) is 7.30. The molecule has 0 unspecified atom stereocenters. The van der Waals surface area contributed by atoms with Crippen LogP contribution in [0.4, 0.5) is 0 Å². The van der Waals surface area contributed by atoms with Gasteiger partial charge in [0.05, 0.1) is 7.11 Å². The lowest BCUT2D eigenvalue weighted by Crippen LogP contribution is -2.60. The highest BCUT2D eigenvalue weighted by Gasteiger charge is 2.58. The van der Waals surface area contributed by atoms with Crippen LogP contribution in [0.2, 0.25) is 0 Å². The van der Waals surface area contributed by atoms with E-state index in [0.717, 1.165) is 19.6 Å². The second-order valence-electron chi connectivity index (χ2n) is 9.34. The van der Waals surface area contributed by atoms with Crippen molar-refractivity contribution in [1.29, 1.82) is 0 Å². The Balaban J connectivity index is 1.47. The molecule has 0 N–H and O–H groups in total. The summed E-state index contributed by atoms with van der Waals surface area (Å²) < 4.78 is 5.45. The number of carbonyl (C=O) groups is 2. The average molecular weight is 455 g/mol. The van der Waals surface area contributed by atoms with E-state index in [2.05, 4.69) is 41.8 Å². The monoisotopic (exact) mass is 454 g/mol. The van der Waals surface area contributed by atoms with Crippen molar-refractivity contribution in [3.8, 4) is 5.75 Å². The minimum absolute atomic E-state index is 0.135. The minimum Gasteiger partial charge on any atom is -0.497 e. The van der Waals surface area contributed by atoms with Crippen LogP contribution in [0.5, 0.6) is 5.75 Å². The van der Waals surface area contributed by atoms with Gasteiger partial charge in [0.15, 0.2) is 17.1 Å². The molecule has 1 saturated heterocycles. The molecule has 0 bridgehead atoms. The number of fused-ring (bicyclic) bond motifs is 1. The minimum atomic E-state index is -1.34. The zero-order valence-corrected chi connectivity index (χ0v) is 20.0. The number of benzene rings is 3. The van der Waals surface area contributed by atoms with Crippen LogP contribution in [0.3, 0.4) is 0 Å². The highest BCUT2D eigenvalue weighted by Crippen LogP contribution is 2.43. The standard InChI is InChI=1S/C29H30N2O3/c1-20-11-12-22(21(2)17-20)19-30-13-15-31(16-14-30)29(23-7-6-8-24(18-23)34-3)27(32)25-9-4-5-10-26(25)28(29)33/h4-12,17-18H,13-16,19H2,1-3H3. The number of piperazine rings is 1. The van der Waals surface area contributed by atoms with Crippen LogP contribution in [0.1, 0.15) is 43.0 Å². The number of aryl methyl sites for hydroxylation is 2. The number of Topliss-reactive ketones (excluding diaryl/α,β-unsaturated/α-hetero) is 2. The molecule has 5 rings (SSSR count). The summed E-state index contributed by atoms with van der Waals surface area (Å²) in [5.74, 6) is 0.371. The lowest BCUT2D eigenvalue weighted by Gasteiger charge is -2.44. The van der Waals surface area contributed by atoms with Crippen molar-refractivity contribution < 1.29 is 14.3 Å². The van der Waals surface area contributed by atoms with Gasteiger partial charge in [-0.25, -0.2) is 0 Å². The molecule has 1 aliphatic carbocycles. The van der Waals surface area contributed by atoms with Gasteiger partial charge in [0, 0.05) is 43.9 Å². The fourth-order valence-corrected chi connectivity index (χ4v) is 5.46. The van der Waals surface area contributed by atoms with Crippen molar-refractivity contribution in [3.63, 3.8) is 0 Å². The number of methoxy groups -OCH3 is 1. The molecular formula is C29H30N2O3. The average Bonchev–Trinajstić information content (AvgIpc) is 3.09. The van der Waals surface area contributed by atoms with Crippen LogP contribution in [0.15, 0.2) is 66.7 Å². The van der Waals surface area contributed by atoms with Gasteiger partial charge in [0.25, 0.3) is 0 Å². The largest absolute Gasteiger partial charge is 0.497 e. The van der Waals surface area contributed by atoms with Crippen molar-refractivity contribution in [3.05, 3.63) is 100 Å². The molecule has 0 atom stereocenters. The first kappa shape index (κ1) is 22.5. The zero-order valence-electron chi connectivity index (χ0n) is 20.0. The van der Waals surface area contributed by atoms with Gasteiger partial charge in [0.1, 0.15) is 5.75 Å². The Morgan fingerprint density at radius 3 is 2.12 bits per heavy atom. The summed E-state index contributed by atoms with van der Waals surface area (Å²) in [4.78, 5) is 32.4. The van der Waals surface area contributed by atoms with Crippen molar-refractivity contribution in [2.24, 2.45) is 0 Å². The van der Waals surface area contributed by atoms with Crippen LogP contribution >= 0.6 is 0 Å². The van der Waals surface area contributed by atoms with E-state index in [4.69, 9.17) is 4.74 Å². The first-order valence-corrected chi connectivity index (χ1v) is 11.8. The Morgan fingerprint density at radius 2 is 1.50 bits per heavy atom. The molecular weight excluding hydrogens is 424 g/mol. The summed E-state index contributed by atoms with van der Waals surface area (Å²) >= 11 is 0. The summed E-state index contributed by atoms with van der Waals surface area (Å²) in [6.45, 7) is 7.98. The van der Waals surface area contributed by atoms with Gasteiger partial charge >= 0.3 is 0 Å². The van der Waals surface area contributed by atoms with E-state index in [-0.39, 0.29) is 11.6 Å². The molecule has 0 aromatic heterocycles. The van der Waals surface area contributed by atoms with Crippen molar-refractivity contribution in [1.82, 2.24) is 9.80 Å². The predicted molar refractivity (Wildman–Crippen MR) is 133 cm³/mol. The smallest absolute Gasteiger partial charge is 0.196 e. The number of ether oxygens (including phenoxy) is 1. The molecule has 0 spiro atoms.